The van der Waals surface area contributed by atoms with Crippen LogP contribution in [0.15, 0.2) is 53.6 Å². The number of ether oxygens (including phenoxy) is 1. The molecule has 0 radical (unpaired) electrons. The number of rotatable bonds is 13. The van der Waals surface area contributed by atoms with Gasteiger partial charge in [0.05, 0.1) is 28.6 Å². The number of phenols is 1. The molecule has 3 N–H and O–H groups in total. The van der Waals surface area contributed by atoms with Gasteiger partial charge in [-0.1, -0.05) is 55.3 Å². The van der Waals surface area contributed by atoms with Gasteiger partial charge in [-0.2, -0.15) is 0 Å². The molecule has 2 heterocycles. The highest BCUT2D eigenvalue weighted by Crippen LogP contribution is 2.51. The number of carbonyl (C=O) groups excluding carboxylic acids is 2. The van der Waals surface area contributed by atoms with E-state index in [2.05, 4.69) is 47.7 Å². The molecule has 2 aliphatic heterocycles. The van der Waals surface area contributed by atoms with Gasteiger partial charge in [0.1, 0.15) is 0 Å². The van der Waals surface area contributed by atoms with Crippen molar-refractivity contribution in [2.24, 2.45) is 17.8 Å². The number of aliphatic carboxylic acids is 1. The molecule has 0 unspecified atom stereocenters. The molecule has 244 valence electrons. The quantitative estimate of drug-likeness (QED) is 0.0554. The lowest BCUT2D eigenvalue weighted by Gasteiger charge is -2.43. The molecule has 3 aliphatic rings. The van der Waals surface area contributed by atoms with Gasteiger partial charge in [-0.05, 0) is 108 Å². The number of fused-ring (bicyclic) bond motifs is 3. The molecule has 2 saturated heterocycles. The predicted molar refractivity (Wildman–Crippen MR) is 184 cm³/mol. The van der Waals surface area contributed by atoms with Gasteiger partial charge in [-0.25, -0.2) is 0 Å². The number of carboxylic acid groups (broad SMARTS) is 1. The number of unbranched alkanes of at least 4 members (excludes halogenated alkanes) is 2. The first kappa shape index (κ1) is 34.2. The molecular weight excluding hydrogens is 700 g/mol. The fourth-order valence-electron chi connectivity index (χ4n) is 7.38. The maximum atomic E-state index is 13.8. The third kappa shape index (κ3) is 7.36. The Labute approximate surface area is 283 Å². The van der Waals surface area contributed by atoms with Gasteiger partial charge in [0.25, 0.3) is 0 Å². The number of halogens is 1. The minimum absolute atomic E-state index is 0.0746. The molecule has 0 aromatic heterocycles. The lowest BCUT2D eigenvalue weighted by Crippen LogP contribution is -2.46. The van der Waals surface area contributed by atoms with E-state index in [1.807, 2.05) is 24.3 Å². The summed E-state index contributed by atoms with van der Waals surface area (Å²) in [6.45, 7) is 2.36. The number of benzene rings is 2. The van der Waals surface area contributed by atoms with Gasteiger partial charge >= 0.3 is 13.1 Å². The summed E-state index contributed by atoms with van der Waals surface area (Å²) >= 11 is 2.09. The first-order valence-corrected chi connectivity index (χ1v) is 17.2. The van der Waals surface area contributed by atoms with E-state index in [-0.39, 0.29) is 36.2 Å². The number of carboxylic acids is 1. The second-order valence-corrected chi connectivity index (χ2v) is 13.5. The maximum absolute atomic E-state index is 13.8. The minimum atomic E-state index is -1.05. The van der Waals surface area contributed by atoms with Crippen molar-refractivity contribution in [3.05, 3.63) is 68.3 Å². The number of carbonyl (C=O) groups is 3. The third-order valence-corrected chi connectivity index (χ3v) is 10.4. The van der Waals surface area contributed by atoms with Crippen molar-refractivity contribution in [2.45, 2.75) is 70.7 Å². The average molecular weight is 741 g/mol. The molecule has 4 atom stereocenters. The van der Waals surface area contributed by atoms with Crippen molar-refractivity contribution in [3.63, 3.8) is 0 Å². The number of methoxy groups -OCH3 is 1. The molecule has 9 nitrogen and oxygen atoms in total. The molecule has 46 heavy (non-hydrogen) atoms. The zero-order chi connectivity index (χ0) is 33.0. The monoisotopic (exact) mass is 741 g/mol. The first-order chi connectivity index (χ1) is 22.1. The average Bonchev–Trinajstić information content (AvgIpc) is 3.28. The molecule has 2 fully saturated rings. The Bertz CT molecular complexity index is 1530. The maximum Gasteiger partial charge on any atom is 0.455 e. The highest BCUT2D eigenvalue weighted by Gasteiger charge is 2.56. The lowest BCUT2D eigenvalue weighted by molar-refractivity contribution is -0.141. The van der Waals surface area contributed by atoms with Crippen molar-refractivity contribution in [1.82, 2.24) is 4.90 Å². The topological polar surface area (TPSA) is 134 Å². The Morgan fingerprint density at radius 3 is 2.57 bits per heavy atom. The normalized spacial score (nSPS) is 23.1. The molecule has 0 spiro atoms. The smallest absolute Gasteiger partial charge is 0.455 e. The van der Waals surface area contributed by atoms with Crippen LogP contribution in [0, 0.1) is 21.3 Å². The van der Waals surface area contributed by atoms with Crippen LogP contribution in [0.25, 0.3) is 11.6 Å². The third-order valence-electron chi connectivity index (χ3n) is 9.53. The fourth-order valence-corrected chi connectivity index (χ4v) is 8.01. The van der Waals surface area contributed by atoms with E-state index in [0.717, 1.165) is 34.3 Å². The number of likely N-dealkylation sites (tertiary alicyclic amines) is 1. The zero-order valence-corrected chi connectivity index (χ0v) is 28.4. The Morgan fingerprint density at radius 1 is 1.11 bits per heavy atom. The Hall–Kier alpha value is -3.16. The molecule has 2 amide bonds. The van der Waals surface area contributed by atoms with Crippen LogP contribution in [0.2, 0.25) is 6.32 Å². The zero-order valence-electron chi connectivity index (χ0n) is 26.3. The van der Waals surface area contributed by atoms with Gasteiger partial charge in [0.15, 0.2) is 11.5 Å². The predicted octanol–water partition coefficient (Wildman–Crippen LogP) is 6.18. The van der Waals surface area contributed by atoms with E-state index in [1.165, 1.54) is 12.0 Å². The number of allylic oxidation sites excluding steroid dienone is 2. The molecule has 5 rings (SSSR count). The van der Waals surface area contributed by atoms with E-state index in [4.69, 9.17) is 14.5 Å². The summed E-state index contributed by atoms with van der Waals surface area (Å²) in [4.78, 5) is 39.5. The summed E-state index contributed by atoms with van der Waals surface area (Å²) in [5.74, 6) is -1.91. The van der Waals surface area contributed by atoms with Gasteiger partial charge < -0.3 is 24.6 Å². The Balaban J connectivity index is 1.39. The summed E-state index contributed by atoms with van der Waals surface area (Å²) in [5.41, 5.74) is 5.18. The van der Waals surface area contributed by atoms with Gasteiger partial charge in [0, 0.05) is 13.0 Å². The van der Waals surface area contributed by atoms with Crippen LogP contribution in [0.1, 0.15) is 69.4 Å². The van der Waals surface area contributed by atoms with Crippen LogP contribution >= 0.6 is 22.6 Å². The van der Waals surface area contributed by atoms with Crippen LogP contribution in [-0.2, 0) is 19.0 Å². The SMILES string of the molecule is CCC1=C2[C@@H](CC/C(=C/c3cc(I)c(O)c(OC)c3)c3ccccc3)OB(O)C[C@@H]2[C@@H]2C(=O)N(CCCCCC(=O)O)C(=O)[C@@H]2C1. The van der Waals surface area contributed by atoms with E-state index in [0.29, 0.717) is 54.4 Å². The van der Waals surface area contributed by atoms with Crippen LogP contribution in [0.3, 0.4) is 0 Å². The number of imide groups is 1. The van der Waals surface area contributed by atoms with Crippen molar-refractivity contribution in [3.8, 4) is 11.5 Å². The van der Waals surface area contributed by atoms with E-state index in [9.17, 15) is 24.5 Å². The summed E-state index contributed by atoms with van der Waals surface area (Å²) < 4.78 is 12.3. The summed E-state index contributed by atoms with van der Waals surface area (Å²) in [7, 11) is 0.479. The van der Waals surface area contributed by atoms with Crippen LogP contribution in [0.4, 0.5) is 0 Å². The number of amides is 2. The standard InChI is InChI=1S/C35H41BINO8/c1-3-22-19-25-32(35(43)38(34(25)42)15-9-5-8-12-30(39)40)26-20-36(44)46-28(31(22)26)14-13-24(23-10-6-4-7-11-23)16-21-17-27(37)33(41)29(18-21)45-2/h4,6-7,10-11,16-18,25-26,28,32,41,44H,3,5,8-9,12-15,19-20H2,1-2H3,(H,39,40)/b24-16-/t25-,26+,28-,32-/m1/s1. The number of aromatic hydroxyl groups is 1. The van der Waals surface area contributed by atoms with Gasteiger partial charge in [-0.15, -0.1) is 0 Å². The molecule has 1 aliphatic carbocycles. The molecule has 0 bridgehead atoms. The Morgan fingerprint density at radius 2 is 1.87 bits per heavy atom. The van der Waals surface area contributed by atoms with Gasteiger partial charge in [-0.3, -0.25) is 19.3 Å². The molecular formula is C35H41BINO8. The van der Waals surface area contributed by atoms with Crippen LogP contribution in [0.5, 0.6) is 11.5 Å². The summed E-state index contributed by atoms with van der Waals surface area (Å²) in [6.07, 6.45) is 6.18. The number of phenolic OH excluding ortho intramolecular Hbond substituents is 1. The second kappa shape index (κ2) is 15.2. The highest BCUT2D eigenvalue weighted by atomic mass is 127. The highest BCUT2D eigenvalue weighted by molar-refractivity contribution is 14.1. The second-order valence-electron chi connectivity index (χ2n) is 12.3. The van der Waals surface area contributed by atoms with E-state index >= 15 is 0 Å². The first-order valence-electron chi connectivity index (χ1n) is 16.1. The van der Waals surface area contributed by atoms with Gasteiger partial charge in [0.2, 0.25) is 11.8 Å². The van der Waals surface area contributed by atoms with Crippen molar-refractivity contribution >= 4 is 59.1 Å². The molecule has 11 heteroatoms. The number of hydrogen-bond donors (Lipinski definition) is 3. The fraction of sp³-hybridized carbons (Fsp3) is 0.457. The summed E-state index contributed by atoms with van der Waals surface area (Å²) in [6, 6.07) is 13.7. The van der Waals surface area contributed by atoms with Crippen molar-refractivity contribution in [1.29, 1.82) is 0 Å². The van der Waals surface area contributed by atoms with Crippen LogP contribution in [-0.4, -0.2) is 64.8 Å². The molecule has 0 saturated carbocycles. The Kier molecular flexibility index (Phi) is 11.3. The van der Waals surface area contributed by atoms with E-state index < -0.39 is 31.0 Å². The van der Waals surface area contributed by atoms with Crippen LogP contribution < -0.4 is 4.74 Å². The van der Waals surface area contributed by atoms with Crippen molar-refractivity contribution in [2.75, 3.05) is 13.7 Å². The number of hydrogen-bond acceptors (Lipinski definition) is 7. The molecule has 2 aromatic rings. The minimum Gasteiger partial charge on any atom is -0.504 e. The van der Waals surface area contributed by atoms with E-state index in [1.54, 1.807) is 6.07 Å². The number of nitrogens with zero attached hydrogens (tertiary/aromatic N) is 1. The van der Waals surface area contributed by atoms with Crippen molar-refractivity contribution < 1.29 is 39.0 Å². The largest absolute Gasteiger partial charge is 0.504 e. The summed E-state index contributed by atoms with van der Waals surface area (Å²) in [5, 5.41) is 30.2. The molecule has 2 aromatic carbocycles. The lowest BCUT2D eigenvalue weighted by atomic mass is 9.58.